The third-order valence-electron chi connectivity index (χ3n) is 7.27. The first-order chi connectivity index (χ1) is 20.7. The number of nitrogens with one attached hydrogen (secondary N) is 2. The Bertz CT molecular complexity index is 1430. The van der Waals surface area contributed by atoms with E-state index in [9.17, 15) is 18.0 Å². The van der Waals surface area contributed by atoms with Gasteiger partial charge in [-0.05, 0) is 73.6 Å². The van der Waals surface area contributed by atoms with Crippen LogP contribution in [0.1, 0.15) is 49.3 Å². The van der Waals surface area contributed by atoms with Gasteiger partial charge in [-0.1, -0.05) is 66.2 Å². The Morgan fingerprint density at radius 3 is 2.28 bits per heavy atom. The number of hydrogen-bond donors (Lipinski definition) is 2. The van der Waals surface area contributed by atoms with Crippen LogP contribution < -0.4 is 10.0 Å². The molecule has 0 aromatic heterocycles. The number of amides is 2. The fraction of sp³-hybridized carbons (Fsp3) is 0.394. The third-order valence-corrected chi connectivity index (χ3v) is 9.05. The molecule has 1 saturated carbocycles. The summed E-state index contributed by atoms with van der Waals surface area (Å²) in [5.41, 5.74) is 2.64. The molecular weight excluding hydrogens is 586 g/mol. The molecule has 0 saturated heterocycles. The highest BCUT2D eigenvalue weighted by atomic mass is 35.5. The van der Waals surface area contributed by atoms with Crippen molar-refractivity contribution >= 4 is 33.4 Å². The van der Waals surface area contributed by atoms with Crippen molar-refractivity contribution in [1.82, 2.24) is 14.9 Å². The molecule has 8 nitrogen and oxygen atoms in total. The van der Waals surface area contributed by atoms with Crippen LogP contribution in [0.5, 0.6) is 0 Å². The maximum absolute atomic E-state index is 13.9. The van der Waals surface area contributed by atoms with E-state index < -0.39 is 16.1 Å². The van der Waals surface area contributed by atoms with E-state index in [0.29, 0.717) is 44.0 Å². The average Bonchev–Trinajstić information content (AvgIpc) is 3.82. The maximum atomic E-state index is 13.9. The Kier molecular flexibility index (Phi) is 12.2. The summed E-state index contributed by atoms with van der Waals surface area (Å²) in [7, 11) is -3.55. The Hall–Kier alpha value is -3.24. The lowest BCUT2D eigenvalue weighted by atomic mass is 10.0. The summed E-state index contributed by atoms with van der Waals surface area (Å²) in [5, 5.41) is 3.60. The van der Waals surface area contributed by atoms with Crippen LogP contribution in [0.2, 0.25) is 5.02 Å². The summed E-state index contributed by atoms with van der Waals surface area (Å²) in [6.07, 6.45) is 3.32. The number of hydrogen-bond acceptors (Lipinski definition) is 5. The molecule has 1 fully saturated rings. The molecule has 0 aliphatic heterocycles. The van der Waals surface area contributed by atoms with E-state index in [4.69, 9.17) is 16.3 Å². The molecule has 3 aromatic rings. The molecule has 1 unspecified atom stereocenters. The molecule has 43 heavy (non-hydrogen) atoms. The van der Waals surface area contributed by atoms with E-state index in [0.717, 1.165) is 29.5 Å². The van der Waals surface area contributed by atoms with Crippen molar-refractivity contribution in [2.24, 2.45) is 0 Å². The second-order valence-corrected chi connectivity index (χ2v) is 12.9. The van der Waals surface area contributed by atoms with E-state index in [2.05, 4.69) is 10.0 Å². The quantitative estimate of drug-likeness (QED) is 0.208. The molecule has 0 radical (unpaired) electrons. The number of benzene rings is 3. The van der Waals surface area contributed by atoms with Crippen molar-refractivity contribution in [3.63, 3.8) is 0 Å². The predicted octanol–water partition coefficient (Wildman–Crippen LogP) is 4.90. The van der Waals surface area contributed by atoms with Gasteiger partial charge in [-0.3, -0.25) is 9.59 Å². The Morgan fingerprint density at radius 1 is 0.953 bits per heavy atom. The average molecular weight is 626 g/mol. The molecular formula is C33H40ClN3O5S. The second kappa shape index (κ2) is 16.0. The molecule has 2 N–H and O–H groups in total. The van der Waals surface area contributed by atoms with Crippen LogP contribution in [0, 0.1) is 0 Å². The van der Waals surface area contributed by atoms with E-state index in [1.807, 2.05) is 49.4 Å². The molecule has 0 bridgehead atoms. The number of aryl methyl sites for hydroxylation is 1. The van der Waals surface area contributed by atoms with E-state index >= 15 is 0 Å². The first-order valence-corrected chi connectivity index (χ1v) is 16.7. The molecule has 1 atom stereocenters. The zero-order valence-electron chi connectivity index (χ0n) is 24.5. The van der Waals surface area contributed by atoms with Gasteiger partial charge in [-0.25, -0.2) is 13.1 Å². The lowest BCUT2D eigenvalue weighted by Crippen LogP contribution is -2.50. The largest absolute Gasteiger partial charge is 0.382 e. The number of ether oxygens (including phenoxy) is 1. The first-order valence-electron chi connectivity index (χ1n) is 14.8. The Labute approximate surface area is 259 Å². The van der Waals surface area contributed by atoms with Gasteiger partial charge in [0.25, 0.3) is 0 Å². The molecule has 0 heterocycles. The van der Waals surface area contributed by atoms with Crippen LogP contribution in [0.3, 0.4) is 0 Å². The van der Waals surface area contributed by atoms with Gasteiger partial charge in [-0.15, -0.1) is 0 Å². The number of rotatable bonds is 17. The smallest absolute Gasteiger partial charge is 0.243 e. The number of halogens is 1. The van der Waals surface area contributed by atoms with Gasteiger partial charge in [0.1, 0.15) is 6.04 Å². The van der Waals surface area contributed by atoms with Crippen LogP contribution in [0.4, 0.5) is 0 Å². The van der Waals surface area contributed by atoms with E-state index in [-0.39, 0.29) is 35.7 Å². The normalized spacial score (nSPS) is 13.8. The number of carbonyl (C=O) groups is 2. The fourth-order valence-electron chi connectivity index (χ4n) is 4.71. The van der Waals surface area contributed by atoms with Gasteiger partial charge in [0.05, 0.1) is 4.90 Å². The summed E-state index contributed by atoms with van der Waals surface area (Å²) in [4.78, 5) is 29.4. The van der Waals surface area contributed by atoms with Crippen LogP contribution in [0.15, 0.2) is 83.8 Å². The summed E-state index contributed by atoms with van der Waals surface area (Å²) >= 11 is 6.11. The molecule has 1 aliphatic rings. The SMILES string of the molecule is CCOCCCNC(=O)C(Cc1ccccc1)N(Cc1ccc(Cl)cc1)C(=O)CCc1ccc(S(=O)(=O)NC2CC2)cc1. The monoisotopic (exact) mass is 625 g/mol. The zero-order valence-corrected chi connectivity index (χ0v) is 26.1. The number of nitrogens with zero attached hydrogens (tertiary/aromatic N) is 1. The van der Waals surface area contributed by atoms with Gasteiger partial charge < -0.3 is 15.0 Å². The van der Waals surface area contributed by atoms with Crippen molar-refractivity contribution in [2.45, 2.75) is 69.0 Å². The zero-order chi connectivity index (χ0) is 30.7. The molecule has 3 aromatic carbocycles. The molecule has 1 aliphatic carbocycles. The van der Waals surface area contributed by atoms with Crippen molar-refractivity contribution in [2.75, 3.05) is 19.8 Å². The standard InChI is InChI=1S/C33H40ClN3O5S/c1-2-42-22-6-21-35-33(39)31(23-26-7-4-3-5-8-26)37(24-27-9-14-28(34)15-10-27)32(38)20-13-25-11-18-30(19-12-25)43(40,41)36-29-16-17-29/h3-5,7-12,14-15,18-19,29,31,36H,2,6,13,16-17,20-24H2,1H3,(H,35,39). The lowest BCUT2D eigenvalue weighted by Gasteiger charge is -2.32. The minimum atomic E-state index is -3.55. The maximum Gasteiger partial charge on any atom is 0.243 e. The molecule has 2 amide bonds. The highest BCUT2D eigenvalue weighted by molar-refractivity contribution is 7.89. The van der Waals surface area contributed by atoms with Gasteiger partial charge in [0.15, 0.2) is 0 Å². The van der Waals surface area contributed by atoms with Crippen LogP contribution in [-0.4, -0.2) is 57.0 Å². The number of carbonyl (C=O) groups excluding carboxylic acids is 2. The van der Waals surface area contributed by atoms with Crippen molar-refractivity contribution in [3.05, 3.63) is 101 Å². The summed E-state index contributed by atoms with van der Waals surface area (Å²) in [5.74, 6) is -0.396. The van der Waals surface area contributed by atoms with Gasteiger partial charge in [-0.2, -0.15) is 0 Å². The summed E-state index contributed by atoms with van der Waals surface area (Å²) in [6, 6.07) is 22.8. The van der Waals surface area contributed by atoms with Gasteiger partial charge in [0.2, 0.25) is 21.8 Å². The van der Waals surface area contributed by atoms with Crippen LogP contribution in [-0.2, 0) is 43.7 Å². The topological polar surface area (TPSA) is 105 Å². The van der Waals surface area contributed by atoms with Crippen LogP contribution in [0.25, 0.3) is 0 Å². The fourth-order valence-corrected chi connectivity index (χ4v) is 6.14. The summed E-state index contributed by atoms with van der Waals surface area (Å²) in [6.45, 7) is 3.77. The highest BCUT2D eigenvalue weighted by Gasteiger charge is 2.30. The van der Waals surface area contributed by atoms with Crippen LogP contribution >= 0.6 is 11.6 Å². The molecule has 10 heteroatoms. The predicted molar refractivity (Wildman–Crippen MR) is 168 cm³/mol. The van der Waals surface area contributed by atoms with Crippen molar-refractivity contribution in [3.8, 4) is 0 Å². The minimum Gasteiger partial charge on any atom is -0.382 e. The third kappa shape index (κ3) is 10.5. The van der Waals surface area contributed by atoms with Crippen molar-refractivity contribution < 1.29 is 22.7 Å². The minimum absolute atomic E-state index is 0.0274. The van der Waals surface area contributed by atoms with E-state index in [1.165, 1.54) is 0 Å². The molecule has 230 valence electrons. The Balaban J connectivity index is 1.51. The lowest BCUT2D eigenvalue weighted by molar-refractivity contribution is -0.141. The molecule has 0 spiro atoms. The highest BCUT2D eigenvalue weighted by Crippen LogP contribution is 2.23. The van der Waals surface area contributed by atoms with Gasteiger partial charge in [0, 0.05) is 50.2 Å². The first kappa shape index (κ1) is 32.7. The van der Waals surface area contributed by atoms with Crippen molar-refractivity contribution in [1.29, 1.82) is 0 Å². The van der Waals surface area contributed by atoms with E-state index in [1.54, 1.807) is 41.3 Å². The molecule has 4 rings (SSSR count). The number of sulfonamides is 1. The van der Waals surface area contributed by atoms with Gasteiger partial charge >= 0.3 is 0 Å². The Morgan fingerprint density at radius 2 is 1.63 bits per heavy atom. The second-order valence-electron chi connectivity index (χ2n) is 10.7. The summed E-state index contributed by atoms with van der Waals surface area (Å²) < 4.78 is 33.2.